The van der Waals surface area contributed by atoms with E-state index in [4.69, 9.17) is 21.1 Å². The average molecular weight is 770 g/mol. The van der Waals surface area contributed by atoms with E-state index in [0.717, 1.165) is 5.56 Å². The number of hydrogen-bond acceptors (Lipinski definition) is 10. The van der Waals surface area contributed by atoms with E-state index in [2.05, 4.69) is 26.3 Å². The van der Waals surface area contributed by atoms with Crippen molar-refractivity contribution < 1.29 is 33.4 Å². The van der Waals surface area contributed by atoms with E-state index in [-0.39, 0.29) is 49.6 Å². The fraction of sp³-hybridized carbons (Fsp3) is 0.459. The molecule has 1 aromatic heterocycles. The highest BCUT2D eigenvalue weighted by atomic mass is 35.5. The van der Waals surface area contributed by atoms with Crippen molar-refractivity contribution in [2.75, 3.05) is 40.9 Å². The Kier molecular flexibility index (Phi) is 14.6. The summed E-state index contributed by atoms with van der Waals surface area (Å²) in [6.45, 7) is 7.18. The van der Waals surface area contributed by atoms with E-state index >= 15 is 0 Å². The van der Waals surface area contributed by atoms with Gasteiger partial charge in [0.05, 0.1) is 26.8 Å². The molecule has 2 heterocycles. The van der Waals surface area contributed by atoms with E-state index in [9.17, 15) is 24.0 Å². The summed E-state index contributed by atoms with van der Waals surface area (Å²) in [6, 6.07) is 9.45. The number of benzene rings is 2. The summed E-state index contributed by atoms with van der Waals surface area (Å²) in [6.07, 6.45) is 0.395. The lowest BCUT2D eigenvalue weighted by Gasteiger charge is -2.29. The second-order valence-corrected chi connectivity index (χ2v) is 14.6. The van der Waals surface area contributed by atoms with E-state index in [0.29, 0.717) is 33.5 Å². The zero-order valence-corrected chi connectivity index (χ0v) is 32.6. The summed E-state index contributed by atoms with van der Waals surface area (Å²) in [5.41, 5.74) is 1.69. The molecule has 0 aliphatic carbocycles. The van der Waals surface area contributed by atoms with Crippen LogP contribution in [0.2, 0.25) is 5.02 Å². The second kappa shape index (κ2) is 18.9. The Balaban J connectivity index is 1.71. The number of nitrogens with one attached hydrogen (secondary N) is 4. The van der Waals surface area contributed by atoms with Crippen molar-refractivity contribution in [1.29, 1.82) is 0 Å². The lowest BCUT2D eigenvalue weighted by Crippen LogP contribution is -2.57. The first-order valence-corrected chi connectivity index (χ1v) is 18.5. The number of amides is 5. The van der Waals surface area contributed by atoms with Gasteiger partial charge in [0.2, 0.25) is 23.6 Å². The van der Waals surface area contributed by atoms with Crippen LogP contribution in [0, 0.1) is 5.92 Å². The Bertz CT molecular complexity index is 1770. The van der Waals surface area contributed by atoms with Gasteiger partial charge < -0.3 is 35.6 Å². The van der Waals surface area contributed by atoms with Crippen molar-refractivity contribution >= 4 is 52.5 Å². The third kappa shape index (κ3) is 11.1. The number of likely N-dealkylation sites (N-methyl/N-ethyl adjacent to an activating group) is 1. The van der Waals surface area contributed by atoms with Crippen molar-refractivity contribution in [3.63, 3.8) is 0 Å². The van der Waals surface area contributed by atoms with Crippen LogP contribution in [0.5, 0.6) is 11.5 Å². The average Bonchev–Trinajstić information content (AvgIpc) is 3.62. The molecule has 0 saturated carbocycles. The molecule has 5 amide bonds. The van der Waals surface area contributed by atoms with Gasteiger partial charge in [0.1, 0.15) is 28.8 Å². The molecule has 14 nitrogen and oxygen atoms in total. The maximum absolute atomic E-state index is 13.9. The number of carbonyl (C=O) groups is 5. The molecule has 1 aliphatic heterocycles. The summed E-state index contributed by atoms with van der Waals surface area (Å²) >= 11 is 7.65. The minimum Gasteiger partial charge on any atom is -0.493 e. The van der Waals surface area contributed by atoms with Gasteiger partial charge in [0, 0.05) is 48.7 Å². The van der Waals surface area contributed by atoms with Crippen molar-refractivity contribution in [2.24, 2.45) is 5.92 Å². The molecule has 2 bridgehead atoms. The van der Waals surface area contributed by atoms with Gasteiger partial charge >= 0.3 is 0 Å². The predicted octanol–water partition coefficient (Wildman–Crippen LogP) is 2.95. The minimum atomic E-state index is -1.01. The van der Waals surface area contributed by atoms with Crippen molar-refractivity contribution in [1.82, 2.24) is 36.1 Å². The summed E-state index contributed by atoms with van der Waals surface area (Å²) in [5, 5.41) is 13.7. The highest BCUT2D eigenvalue weighted by Gasteiger charge is 2.31. The molecule has 1 aliphatic rings. The quantitative estimate of drug-likeness (QED) is 0.282. The summed E-state index contributed by atoms with van der Waals surface area (Å²) in [5.74, 6) is -1.84. The monoisotopic (exact) mass is 769 g/mol. The molecule has 4 N–H and O–H groups in total. The summed E-state index contributed by atoms with van der Waals surface area (Å²) in [4.78, 5) is 75.1. The van der Waals surface area contributed by atoms with Crippen LogP contribution in [0.25, 0.3) is 0 Å². The van der Waals surface area contributed by atoms with Gasteiger partial charge in [0.15, 0.2) is 11.5 Å². The smallest absolute Gasteiger partial charge is 0.271 e. The van der Waals surface area contributed by atoms with Crippen LogP contribution in [0.3, 0.4) is 0 Å². The maximum atomic E-state index is 13.9. The molecular weight excluding hydrogens is 722 g/mol. The normalized spacial score (nSPS) is 21.6. The van der Waals surface area contributed by atoms with Crippen LogP contribution in [0.4, 0.5) is 0 Å². The Morgan fingerprint density at radius 2 is 1.64 bits per heavy atom. The van der Waals surface area contributed by atoms with Crippen molar-refractivity contribution in [3.05, 3.63) is 74.7 Å². The Hall–Kier alpha value is -4.73. The van der Waals surface area contributed by atoms with Crippen molar-refractivity contribution in [2.45, 2.75) is 64.8 Å². The van der Waals surface area contributed by atoms with Crippen molar-refractivity contribution in [3.8, 4) is 11.5 Å². The molecule has 286 valence electrons. The first kappa shape index (κ1) is 41.0. The number of rotatable bonds is 7. The summed E-state index contributed by atoms with van der Waals surface area (Å²) < 4.78 is 11.2. The Morgan fingerprint density at radius 1 is 0.925 bits per heavy atom. The molecule has 0 radical (unpaired) electrons. The van der Waals surface area contributed by atoms with Gasteiger partial charge in [-0.15, -0.1) is 11.3 Å². The SMILES string of the molecule is COc1cc(Cl)cc(CN2CCN(C)C(=O)[C@@H](C)NC(=O)[C@H](C(C)C)NC(=O)[C@H](C)NC(=O)c3csc(n3)[C@H](Cc3ccccc3)NC(=O)C2)c1OC. The third-order valence-electron chi connectivity index (χ3n) is 8.80. The lowest BCUT2D eigenvalue weighted by molar-refractivity contribution is -0.136. The Morgan fingerprint density at radius 3 is 2.30 bits per heavy atom. The molecule has 2 aromatic carbocycles. The van der Waals surface area contributed by atoms with Crippen LogP contribution in [-0.2, 0) is 32.1 Å². The first-order valence-electron chi connectivity index (χ1n) is 17.3. The number of ether oxygens (including phenoxy) is 2. The Labute approximate surface area is 318 Å². The van der Waals surface area contributed by atoms with E-state index in [1.807, 2.05) is 35.2 Å². The van der Waals surface area contributed by atoms with E-state index in [1.165, 1.54) is 37.4 Å². The fourth-order valence-corrected chi connectivity index (χ4v) is 6.95. The van der Waals surface area contributed by atoms with E-state index < -0.39 is 41.9 Å². The van der Waals surface area contributed by atoms with Gasteiger partial charge in [-0.25, -0.2) is 4.98 Å². The second-order valence-electron chi connectivity index (χ2n) is 13.3. The zero-order chi connectivity index (χ0) is 38.8. The summed E-state index contributed by atoms with van der Waals surface area (Å²) in [7, 11) is 4.64. The fourth-order valence-electron chi connectivity index (χ4n) is 5.87. The van der Waals surface area contributed by atoms with Crippen LogP contribution in [0.15, 0.2) is 47.8 Å². The number of fused-ring (bicyclic) bond motifs is 2. The highest BCUT2D eigenvalue weighted by molar-refractivity contribution is 7.09. The van der Waals surface area contributed by atoms with Crippen LogP contribution >= 0.6 is 22.9 Å². The third-order valence-corrected chi connectivity index (χ3v) is 9.97. The van der Waals surface area contributed by atoms with Gasteiger partial charge in [0.25, 0.3) is 5.91 Å². The molecule has 0 saturated heterocycles. The van der Waals surface area contributed by atoms with Crippen LogP contribution in [0.1, 0.15) is 60.4 Å². The van der Waals surface area contributed by atoms with Gasteiger partial charge in [-0.2, -0.15) is 0 Å². The number of methoxy groups -OCH3 is 2. The largest absolute Gasteiger partial charge is 0.493 e. The molecule has 0 fully saturated rings. The molecular formula is C37H48ClN7O7S. The molecule has 4 rings (SSSR count). The van der Waals surface area contributed by atoms with Crippen LogP contribution in [-0.4, -0.2) is 103 Å². The predicted molar refractivity (Wildman–Crippen MR) is 202 cm³/mol. The molecule has 3 aromatic rings. The molecule has 0 unspecified atom stereocenters. The number of thiazole rings is 1. The number of aromatic nitrogens is 1. The number of nitrogens with zero attached hydrogens (tertiary/aromatic N) is 3. The van der Waals surface area contributed by atoms with Crippen LogP contribution < -0.4 is 30.7 Å². The first-order chi connectivity index (χ1) is 25.2. The molecule has 53 heavy (non-hydrogen) atoms. The minimum absolute atomic E-state index is 0.0833. The maximum Gasteiger partial charge on any atom is 0.271 e. The molecule has 16 heteroatoms. The lowest BCUT2D eigenvalue weighted by atomic mass is 10.0. The van der Waals surface area contributed by atoms with Gasteiger partial charge in [-0.1, -0.05) is 55.8 Å². The standard InChI is InChI=1S/C37H48ClN7O7S/c1-21(2)31-35(49)40-23(4)37(50)44(5)13-14-45(18-25-16-26(38)17-29(51-6)32(25)52-7)19-30(46)41-27(15-24-11-9-8-10-12-24)36-42-28(20-53-36)34(48)39-22(3)33(47)43-31/h8-12,16-17,20-23,27,31H,13-15,18-19H2,1-7H3,(H,39,48)(H,40,49)(H,41,46)(H,43,47)/t22-,23+,27-,31-/m0/s1. The number of halogens is 1. The molecule has 0 spiro atoms. The van der Waals surface area contributed by atoms with Gasteiger partial charge in [-0.3, -0.25) is 28.9 Å². The van der Waals surface area contributed by atoms with E-state index in [1.54, 1.807) is 45.3 Å². The number of hydrogen-bond donors (Lipinski definition) is 4. The number of carbonyl (C=O) groups excluding carboxylic acids is 5. The topological polar surface area (TPSA) is 171 Å². The zero-order valence-electron chi connectivity index (χ0n) is 31.0. The van der Waals surface area contributed by atoms with Gasteiger partial charge in [-0.05, 0) is 37.8 Å². The highest BCUT2D eigenvalue weighted by Crippen LogP contribution is 2.35. The molecule has 4 atom stereocenters.